The van der Waals surface area contributed by atoms with Crippen LogP contribution in [0.4, 0.5) is 5.69 Å². The number of β-amino-alcohol motifs (C(OH)–C–C–N with tert-alkyl or cyclic N) is 1. The molecule has 2 heterocycles. The van der Waals surface area contributed by atoms with Gasteiger partial charge in [-0.15, -0.1) is 0 Å². The van der Waals surface area contributed by atoms with Crippen molar-refractivity contribution in [3.63, 3.8) is 0 Å². The van der Waals surface area contributed by atoms with Crippen LogP contribution in [0.2, 0.25) is 0 Å². The van der Waals surface area contributed by atoms with Crippen molar-refractivity contribution in [2.75, 3.05) is 18.2 Å². The van der Waals surface area contributed by atoms with Crippen LogP contribution < -0.4 is 21.3 Å². The number of carbonyl (C=O) groups excluding carboxylic acids is 1. The van der Waals surface area contributed by atoms with Gasteiger partial charge in [-0.05, 0) is 62.7 Å². The second kappa shape index (κ2) is 7.81. The van der Waals surface area contributed by atoms with Gasteiger partial charge in [-0.1, -0.05) is 13.3 Å². The van der Waals surface area contributed by atoms with Gasteiger partial charge in [0.15, 0.2) is 5.75 Å². The summed E-state index contributed by atoms with van der Waals surface area (Å²) in [5, 5.41) is 25.4. The molecule has 0 atom stereocenters. The molecule has 0 saturated heterocycles. The zero-order chi connectivity index (χ0) is 21.8. The number of aliphatic hydroxyl groups excluding tert-OH is 1. The van der Waals surface area contributed by atoms with Gasteiger partial charge in [-0.3, -0.25) is 9.59 Å². The number of aromatic hydroxyl groups is 1. The Morgan fingerprint density at radius 3 is 2.39 bits per heavy atom. The molecule has 4 aliphatic carbocycles. The fraction of sp³-hybridized carbons (Fsp3) is 0.739. The second-order valence-corrected chi connectivity index (χ2v) is 10.2. The van der Waals surface area contributed by atoms with Crippen molar-refractivity contribution in [3.8, 4) is 5.75 Å². The van der Waals surface area contributed by atoms with Crippen LogP contribution in [-0.4, -0.2) is 39.4 Å². The predicted molar refractivity (Wildman–Crippen MR) is 117 cm³/mol. The summed E-state index contributed by atoms with van der Waals surface area (Å²) in [6, 6.07) is 0. The average Bonchev–Trinajstić information content (AvgIpc) is 3.10. The van der Waals surface area contributed by atoms with Gasteiger partial charge in [0.05, 0.1) is 25.4 Å². The first-order valence-electron chi connectivity index (χ1n) is 11.9. The van der Waals surface area contributed by atoms with Gasteiger partial charge in [0.2, 0.25) is 0 Å². The SMILES string of the molecule is CCCCn1c2c(c(O)c(C(=O)NC34CC5CC(CC(C5)C3)C4)c1=O)N(CCO)NC2. The Balaban J connectivity index is 1.52. The Morgan fingerprint density at radius 2 is 1.81 bits per heavy atom. The zero-order valence-electron chi connectivity index (χ0n) is 18.3. The molecule has 1 amide bonds. The summed E-state index contributed by atoms with van der Waals surface area (Å²) in [7, 11) is 0. The molecule has 0 unspecified atom stereocenters. The van der Waals surface area contributed by atoms with Gasteiger partial charge in [-0.25, -0.2) is 5.43 Å². The highest BCUT2D eigenvalue weighted by Gasteiger charge is 2.52. The quantitative estimate of drug-likeness (QED) is 0.526. The number of rotatable bonds is 7. The first-order chi connectivity index (χ1) is 14.9. The minimum atomic E-state index is -0.451. The van der Waals surface area contributed by atoms with Crippen LogP contribution in [0.25, 0.3) is 0 Å². The summed E-state index contributed by atoms with van der Waals surface area (Å²) in [6.45, 7) is 3.11. The lowest BCUT2D eigenvalue weighted by molar-refractivity contribution is -0.0167. The van der Waals surface area contributed by atoms with E-state index in [1.54, 1.807) is 9.58 Å². The highest BCUT2D eigenvalue weighted by molar-refractivity contribution is 5.99. The first-order valence-corrected chi connectivity index (χ1v) is 11.9. The largest absolute Gasteiger partial charge is 0.505 e. The molecule has 5 aliphatic rings. The van der Waals surface area contributed by atoms with E-state index in [0.717, 1.165) is 32.1 Å². The lowest BCUT2D eigenvalue weighted by atomic mass is 9.53. The van der Waals surface area contributed by atoms with Crippen LogP contribution in [0.1, 0.15) is 74.3 Å². The molecule has 0 radical (unpaired) electrons. The Morgan fingerprint density at radius 1 is 1.16 bits per heavy atom. The molecule has 0 aromatic carbocycles. The third kappa shape index (κ3) is 3.44. The van der Waals surface area contributed by atoms with E-state index >= 15 is 0 Å². The van der Waals surface area contributed by atoms with E-state index in [2.05, 4.69) is 17.7 Å². The summed E-state index contributed by atoms with van der Waals surface area (Å²) in [4.78, 5) is 26.9. The molecule has 8 heteroatoms. The number of nitrogens with zero attached hydrogens (tertiary/aromatic N) is 2. The summed E-state index contributed by atoms with van der Waals surface area (Å²) >= 11 is 0. The number of carbonyl (C=O) groups is 1. The van der Waals surface area contributed by atoms with E-state index in [4.69, 9.17) is 0 Å². The molecule has 4 saturated carbocycles. The van der Waals surface area contributed by atoms with Crippen LogP contribution in [0, 0.1) is 17.8 Å². The van der Waals surface area contributed by atoms with E-state index in [1.165, 1.54) is 19.3 Å². The molecule has 1 aliphatic heterocycles. The highest BCUT2D eigenvalue weighted by atomic mass is 16.3. The van der Waals surface area contributed by atoms with Gasteiger partial charge in [0.25, 0.3) is 11.5 Å². The Hall–Kier alpha value is -2.06. The van der Waals surface area contributed by atoms with Gasteiger partial charge < -0.3 is 25.1 Å². The standard InChI is InChI=1S/C23H34N4O4/c1-2-3-4-26-17-13-24-27(5-6-28)19(17)20(29)18(22(26)31)21(30)25-23-10-14-7-15(11-23)9-16(8-14)12-23/h14-16,24,28-29H,2-13H2,1H3,(H,25,30). The van der Waals surface area contributed by atoms with Gasteiger partial charge >= 0.3 is 0 Å². The molecular formula is C23H34N4O4. The van der Waals surface area contributed by atoms with E-state index in [1.807, 2.05) is 0 Å². The maximum Gasteiger partial charge on any atom is 0.267 e. The second-order valence-electron chi connectivity index (χ2n) is 10.2. The fourth-order valence-electron chi connectivity index (χ4n) is 7.07. The van der Waals surface area contributed by atoms with Crippen molar-refractivity contribution in [2.24, 2.45) is 17.8 Å². The Kier molecular flexibility index (Phi) is 5.25. The maximum absolute atomic E-state index is 13.5. The summed E-state index contributed by atoms with van der Waals surface area (Å²) < 4.78 is 1.64. The smallest absolute Gasteiger partial charge is 0.267 e. The van der Waals surface area contributed by atoms with Crippen LogP contribution in [-0.2, 0) is 13.1 Å². The number of nitrogens with one attached hydrogen (secondary N) is 2. The number of anilines is 1. The van der Waals surface area contributed by atoms with E-state index in [0.29, 0.717) is 42.2 Å². The summed E-state index contributed by atoms with van der Waals surface area (Å²) in [5.74, 6) is 1.30. The predicted octanol–water partition coefficient (Wildman–Crippen LogP) is 1.87. The normalized spacial score (nSPS) is 30.6. The maximum atomic E-state index is 13.5. The lowest BCUT2D eigenvalue weighted by Gasteiger charge is -2.56. The minimum Gasteiger partial charge on any atom is -0.505 e. The molecule has 4 N–H and O–H groups in total. The number of hydrogen-bond donors (Lipinski definition) is 4. The number of unbranched alkanes of at least 4 members (excludes halogenated alkanes) is 1. The lowest BCUT2D eigenvalue weighted by Crippen LogP contribution is -2.60. The monoisotopic (exact) mass is 430 g/mol. The number of aliphatic hydroxyl groups is 1. The number of pyridine rings is 1. The third-order valence-electron chi connectivity index (χ3n) is 7.93. The summed E-state index contributed by atoms with van der Waals surface area (Å²) in [6.07, 6.45) is 8.49. The Labute approximate surface area is 182 Å². The number of fused-ring (bicyclic) bond motifs is 1. The molecule has 31 heavy (non-hydrogen) atoms. The van der Waals surface area contributed by atoms with Gasteiger partial charge in [0, 0.05) is 12.1 Å². The van der Waals surface area contributed by atoms with Crippen LogP contribution in [0.15, 0.2) is 4.79 Å². The molecule has 4 fully saturated rings. The highest BCUT2D eigenvalue weighted by Crippen LogP contribution is 2.55. The van der Waals surface area contributed by atoms with Crippen LogP contribution in [0.3, 0.4) is 0 Å². The molecule has 0 spiro atoms. The number of amides is 1. The van der Waals surface area contributed by atoms with Crippen molar-refractivity contribution in [1.82, 2.24) is 15.3 Å². The molecule has 170 valence electrons. The van der Waals surface area contributed by atoms with Crippen molar-refractivity contribution >= 4 is 11.6 Å². The van der Waals surface area contributed by atoms with Crippen molar-refractivity contribution in [1.29, 1.82) is 0 Å². The molecule has 1 aromatic rings. The topological polar surface area (TPSA) is 107 Å². The van der Waals surface area contributed by atoms with E-state index in [9.17, 15) is 19.8 Å². The summed E-state index contributed by atoms with van der Waals surface area (Å²) in [5.41, 5.74) is 3.44. The molecular weight excluding hydrogens is 396 g/mol. The van der Waals surface area contributed by atoms with Gasteiger partial charge in [-0.2, -0.15) is 0 Å². The number of aromatic nitrogens is 1. The van der Waals surface area contributed by atoms with Crippen molar-refractivity contribution in [3.05, 3.63) is 21.6 Å². The fourth-order valence-corrected chi connectivity index (χ4v) is 7.07. The van der Waals surface area contributed by atoms with Crippen molar-refractivity contribution < 1.29 is 15.0 Å². The molecule has 6 rings (SSSR count). The van der Waals surface area contributed by atoms with Crippen molar-refractivity contribution in [2.45, 2.75) is 76.9 Å². The third-order valence-corrected chi connectivity index (χ3v) is 7.93. The number of hydrazine groups is 1. The van der Waals surface area contributed by atoms with Crippen LogP contribution in [0.5, 0.6) is 5.75 Å². The molecule has 8 nitrogen and oxygen atoms in total. The number of hydrogen-bond acceptors (Lipinski definition) is 6. The minimum absolute atomic E-state index is 0.102. The van der Waals surface area contributed by atoms with E-state index < -0.39 is 11.5 Å². The molecule has 1 aromatic heterocycles. The first kappa shape index (κ1) is 20.8. The van der Waals surface area contributed by atoms with E-state index in [-0.39, 0.29) is 30.0 Å². The zero-order valence-corrected chi connectivity index (χ0v) is 18.3. The van der Waals surface area contributed by atoms with Crippen LogP contribution >= 0.6 is 0 Å². The molecule has 4 bridgehead atoms. The Bertz CT molecular complexity index is 905. The average molecular weight is 431 g/mol. The van der Waals surface area contributed by atoms with Gasteiger partial charge in [0.1, 0.15) is 11.3 Å².